The molecule has 1 aromatic heterocycles. The molecular formula is C14H20N4O2. The topological polar surface area (TPSA) is 73.4 Å². The van der Waals surface area contributed by atoms with Crippen molar-refractivity contribution in [3.05, 3.63) is 17.8 Å². The van der Waals surface area contributed by atoms with Crippen LogP contribution in [0.3, 0.4) is 0 Å². The van der Waals surface area contributed by atoms with E-state index in [1.807, 2.05) is 0 Å². The van der Waals surface area contributed by atoms with E-state index in [2.05, 4.69) is 22.9 Å². The van der Waals surface area contributed by atoms with Crippen LogP contribution in [0.1, 0.15) is 36.0 Å². The van der Waals surface area contributed by atoms with Gasteiger partial charge >= 0.3 is 0 Å². The van der Waals surface area contributed by atoms with Gasteiger partial charge in [-0.3, -0.25) is 9.69 Å². The molecule has 6 heteroatoms. The van der Waals surface area contributed by atoms with Crippen molar-refractivity contribution < 1.29 is 9.21 Å². The van der Waals surface area contributed by atoms with Crippen molar-refractivity contribution >= 4 is 5.91 Å². The first-order valence-corrected chi connectivity index (χ1v) is 7.00. The zero-order valence-corrected chi connectivity index (χ0v) is 12.0. The summed E-state index contributed by atoms with van der Waals surface area (Å²) in [5.74, 6) is 0.215. The van der Waals surface area contributed by atoms with Crippen molar-refractivity contribution in [2.24, 2.45) is 0 Å². The fourth-order valence-electron chi connectivity index (χ4n) is 2.49. The number of oxazole rings is 1. The van der Waals surface area contributed by atoms with Gasteiger partial charge in [0, 0.05) is 26.2 Å². The van der Waals surface area contributed by atoms with Gasteiger partial charge in [-0.2, -0.15) is 5.26 Å². The Morgan fingerprint density at radius 3 is 2.70 bits per heavy atom. The van der Waals surface area contributed by atoms with Gasteiger partial charge in [-0.05, 0) is 13.3 Å². The second-order valence-electron chi connectivity index (χ2n) is 5.03. The van der Waals surface area contributed by atoms with Gasteiger partial charge in [0.05, 0.1) is 17.8 Å². The molecule has 108 valence electrons. The normalized spacial score (nSPS) is 17.8. The molecule has 2 heterocycles. The van der Waals surface area contributed by atoms with Crippen LogP contribution in [0.5, 0.6) is 0 Å². The Bertz CT molecular complexity index is 498. The molecule has 1 aliphatic heterocycles. The fraction of sp³-hybridized carbons (Fsp3) is 0.643. The van der Waals surface area contributed by atoms with Crippen LogP contribution in [0.25, 0.3) is 0 Å². The monoisotopic (exact) mass is 276 g/mol. The first-order valence-electron chi connectivity index (χ1n) is 7.00. The van der Waals surface area contributed by atoms with E-state index >= 15 is 0 Å². The molecule has 0 radical (unpaired) electrons. The minimum Gasteiger partial charge on any atom is -0.438 e. The minimum atomic E-state index is -0.108. The lowest BCUT2D eigenvalue weighted by atomic mass is 10.1. The molecule has 1 amide bonds. The molecule has 1 saturated heterocycles. The van der Waals surface area contributed by atoms with E-state index in [9.17, 15) is 10.1 Å². The van der Waals surface area contributed by atoms with E-state index in [0.717, 1.165) is 25.9 Å². The minimum absolute atomic E-state index is 0.0377. The Hall–Kier alpha value is -1.87. The quantitative estimate of drug-likeness (QED) is 0.831. The summed E-state index contributed by atoms with van der Waals surface area (Å²) in [6.45, 7) is 6.56. The Morgan fingerprint density at radius 2 is 2.20 bits per heavy atom. The van der Waals surface area contributed by atoms with E-state index in [0.29, 0.717) is 24.5 Å². The predicted octanol–water partition coefficient (Wildman–Crippen LogP) is 1.43. The highest BCUT2D eigenvalue weighted by molar-refractivity contribution is 5.92. The maximum absolute atomic E-state index is 12.3. The molecule has 0 N–H and O–H groups in total. The molecule has 1 aliphatic rings. The van der Waals surface area contributed by atoms with Crippen LogP contribution in [-0.2, 0) is 0 Å². The molecule has 0 bridgehead atoms. The Labute approximate surface area is 119 Å². The van der Waals surface area contributed by atoms with Crippen molar-refractivity contribution in [3.63, 3.8) is 0 Å². The summed E-state index contributed by atoms with van der Waals surface area (Å²) < 4.78 is 5.15. The maximum Gasteiger partial charge on any atom is 0.291 e. The second kappa shape index (κ2) is 6.53. The lowest BCUT2D eigenvalue weighted by molar-refractivity contribution is 0.0570. The smallest absolute Gasteiger partial charge is 0.291 e. The molecule has 6 nitrogen and oxygen atoms in total. The molecule has 0 saturated carbocycles. The van der Waals surface area contributed by atoms with Crippen LogP contribution in [-0.4, -0.2) is 52.9 Å². The van der Waals surface area contributed by atoms with Gasteiger partial charge in [-0.25, -0.2) is 4.98 Å². The molecule has 2 rings (SSSR count). The molecule has 0 aromatic carbocycles. The van der Waals surface area contributed by atoms with E-state index in [4.69, 9.17) is 4.42 Å². The average Bonchev–Trinajstić information content (AvgIpc) is 2.90. The number of piperazine rings is 1. The third kappa shape index (κ3) is 2.99. The van der Waals surface area contributed by atoms with E-state index < -0.39 is 0 Å². The van der Waals surface area contributed by atoms with Crippen LogP contribution < -0.4 is 0 Å². The molecule has 0 spiro atoms. The van der Waals surface area contributed by atoms with Gasteiger partial charge in [0.1, 0.15) is 0 Å². The summed E-state index contributed by atoms with van der Waals surface area (Å²) in [5.41, 5.74) is 0.623. The molecule has 1 unspecified atom stereocenters. The Morgan fingerprint density at radius 1 is 1.50 bits per heavy atom. The van der Waals surface area contributed by atoms with Crippen LogP contribution in [0.4, 0.5) is 0 Å². The molecule has 20 heavy (non-hydrogen) atoms. The number of nitriles is 1. The van der Waals surface area contributed by atoms with Crippen molar-refractivity contribution in [2.75, 3.05) is 26.2 Å². The highest BCUT2D eigenvalue weighted by Gasteiger charge is 2.28. The number of aromatic nitrogens is 1. The highest BCUT2D eigenvalue weighted by atomic mass is 16.3. The maximum atomic E-state index is 12.3. The number of nitrogens with zero attached hydrogens (tertiary/aromatic N) is 4. The number of carbonyl (C=O) groups excluding carboxylic acids is 1. The first kappa shape index (κ1) is 14.5. The second-order valence-corrected chi connectivity index (χ2v) is 5.03. The standard InChI is InChI=1S/C14H20N4O2/c1-3-4-12(9-15)17-5-7-18(8-6-17)14(19)13-11(2)16-10-20-13/h10,12H,3-8H2,1-2H3. The zero-order valence-electron chi connectivity index (χ0n) is 12.0. The van der Waals surface area contributed by atoms with Crippen molar-refractivity contribution in [1.29, 1.82) is 5.26 Å². The average molecular weight is 276 g/mol. The van der Waals surface area contributed by atoms with Gasteiger partial charge in [-0.15, -0.1) is 0 Å². The summed E-state index contributed by atoms with van der Waals surface area (Å²) in [4.78, 5) is 20.1. The number of hydrogen-bond donors (Lipinski definition) is 0. The van der Waals surface area contributed by atoms with Crippen molar-refractivity contribution in [3.8, 4) is 6.07 Å². The van der Waals surface area contributed by atoms with Crippen LogP contribution >= 0.6 is 0 Å². The number of aryl methyl sites for hydroxylation is 1. The third-order valence-electron chi connectivity index (χ3n) is 3.69. The number of rotatable bonds is 4. The Balaban J connectivity index is 1.93. The van der Waals surface area contributed by atoms with Crippen LogP contribution in [0.2, 0.25) is 0 Å². The summed E-state index contributed by atoms with van der Waals surface area (Å²) in [6, 6.07) is 2.31. The zero-order chi connectivity index (χ0) is 14.5. The molecular weight excluding hydrogens is 256 g/mol. The van der Waals surface area contributed by atoms with E-state index in [-0.39, 0.29) is 11.9 Å². The van der Waals surface area contributed by atoms with Gasteiger partial charge in [-0.1, -0.05) is 13.3 Å². The summed E-state index contributed by atoms with van der Waals surface area (Å²) in [6.07, 6.45) is 3.17. The fourth-order valence-corrected chi connectivity index (χ4v) is 2.49. The summed E-state index contributed by atoms with van der Waals surface area (Å²) in [5, 5.41) is 9.18. The summed E-state index contributed by atoms with van der Waals surface area (Å²) >= 11 is 0. The lowest BCUT2D eigenvalue weighted by Gasteiger charge is -2.36. The van der Waals surface area contributed by atoms with Gasteiger partial charge in [0.15, 0.2) is 6.39 Å². The number of amides is 1. The highest BCUT2D eigenvalue weighted by Crippen LogP contribution is 2.14. The largest absolute Gasteiger partial charge is 0.438 e. The van der Waals surface area contributed by atoms with Crippen LogP contribution in [0.15, 0.2) is 10.8 Å². The van der Waals surface area contributed by atoms with Crippen LogP contribution in [0, 0.1) is 18.3 Å². The van der Waals surface area contributed by atoms with Gasteiger partial charge in [0.2, 0.25) is 5.76 Å². The number of hydrogen-bond acceptors (Lipinski definition) is 5. The SMILES string of the molecule is CCCC(C#N)N1CCN(C(=O)c2ocnc2C)CC1. The van der Waals surface area contributed by atoms with E-state index in [1.54, 1.807) is 11.8 Å². The van der Waals surface area contributed by atoms with Crippen molar-refractivity contribution in [2.45, 2.75) is 32.7 Å². The third-order valence-corrected chi connectivity index (χ3v) is 3.69. The van der Waals surface area contributed by atoms with Crippen molar-refractivity contribution in [1.82, 2.24) is 14.8 Å². The summed E-state index contributed by atoms with van der Waals surface area (Å²) in [7, 11) is 0. The van der Waals surface area contributed by atoms with Gasteiger partial charge in [0.25, 0.3) is 5.91 Å². The van der Waals surface area contributed by atoms with E-state index in [1.165, 1.54) is 6.39 Å². The molecule has 1 atom stereocenters. The predicted molar refractivity (Wildman–Crippen MR) is 73.0 cm³/mol. The Kier molecular flexibility index (Phi) is 4.74. The number of carbonyl (C=O) groups is 1. The van der Waals surface area contributed by atoms with Gasteiger partial charge < -0.3 is 9.32 Å². The molecule has 1 aromatic rings. The first-order chi connectivity index (χ1) is 9.67. The lowest BCUT2D eigenvalue weighted by Crippen LogP contribution is -2.51. The molecule has 1 fully saturated rings. The molecule has 0 aliphatic carbocycles.